The lowest BCUT2D eigenvalue weighted by atomic mass is 10.1. The number of sulfone groups is 1. The van der Waals surface area contributed by atoms with Crippen molar-refractivity contribution in [3.05, 3.63) is 53.6 Å². The van der Waals surface area contributed by atoms with Gasteiger partial charge in [-0.2, -0.15) is 0 Å². The minimum atomic E-state index is -3.39. The highest BCUT2D eigenvalue weighted by molar-refractivity contribution is 7.90. The van der Waals surface area contributed by atoms with Gasteiger partial charge in [0, 0.05) is 11.9 Å². The van der Waals surface area contributed by atoms with Crippen molar-refractivity contribution in [2.45, 2.75) is 18.7 Å². The minimum absolute atomic E-state index is 0.151. The largest absolute Gasteiger partial charge is 0.360 e. The fourth-order valence-corrected chi connectivity index (χ4v) is 4.48. The standard InChI is InChI=1S/C21H27N3O3S/c1-16-7-6-9-19(17(16)2)24-13-11-23(12-14-24)15-21(25)22-18-8-4-5-10-20(18)28(3,26)27/h4-10H,11-15H2,1-3H3,(H,22,25)/p+1. The molecule has 0 aliphatic carbocycles. The number of nitrogens with zero attached hydrogens (tertiary/aromatic N) is 1. The highest BCUT2D eigenvalue weighted by Crippen LogP contribution is 2.22. The van der Waals surface area contributed by atoms with Crippen molar-refractivity contribution in [1.82, 2.24) is 0 Å². The van der Waals surface area contributed by atoms with Crippen LogP contribution >= 0.6 is 0 Å². The van der Waals surface area contributed by atoms with Gasteiger partial charge >= 0.3 is 0 Å². The molecule has 0 saturated carbocycles. The number of rotatable bonds is 5. The minimum Gasteiger partial charge on any atom is -0.360 e. The molecule has 7 heteroatoms. The smallest absolute Gasteiger partial charge is 0.279 e. The third kappa shape index (κ3) is 4.72. The molecular formula is C21H28N3O3S+. The fraction of sp³-hybridized carbons (Fsp3) is 0.381. The van der Waals surface area contributed by atoms with Crippen LogP contribution in [0, 0.1) is 13.8 Å². The summed E-state index contributed by atoms with van der Waals surface area (Å²) in [6.45, 7) is 8.14. The van der Waals surface area contributed by atoms with E-state index in [2.05, 4.69) is 42.3 Å². The number of benzene rings is 2. The van der Waals surface area contributed by atoms with Crippen LogP contribution in [-0.4, -0.2) is 53.3 Å². The number of nitrogens with one attached hydrogen (secondary N) is 2. The highest BCUT2D eigenvalue weighted by Gasteiger charge is 2.24. The summed E-state index contributed by atoms with van der Waals surface area (Å²) >= 11 is 0. The number of amides is 1. The average molecular weight is 403 g/mol. The number of hydrogen-bond acceptors (Lipinski definition) is 4. The van der Waals surface area contributed by atoms with Crippen molar-refractivity contribution in [2.24, 2.45) is 0 Å². The van der Waals surface area contributed by atoms with E-state index in [0.717, 1.165) is 32.4 Å². The molecule has 3 rings (SSSR count). The zero-order valence-corrected chi connectivity index (χ0v) is 17.5. The Labute approximate surface area is 167 Å². The third-order valence-corrected chi connectivity index (χ3v) is 6.51. The number of anilines is 2. The Morgan fingerprint density at radius 3 is 2.43 bits per heavy atom. The van der Waals surface area contributed by atoms with E-state index in [-0.39, 0.29) is 10.8 Å². The van der Waals surface area contributed by atoms with Gasteiger partial charge in [0.25, 0.3) is 5.91 Å². The molecule has 2 N–H and O–H groups in total. The molecule has 0 aromatic heterocycles. The first kappa shape index (κ1) is 20.4. The lowest BCUT2D eigenvalue weighted by molar-refractivity contribution is -0.892. The molecule has 150 valence electrons. The van der Waals surface area contributed by atoms with E-state index in [4.69, 9.17) is 0 Å². The molecule has 28 heavy (non-hydrogen) atoms. The normalized spacial score (nSPS) is 15.5. The first-order valence-corrected chi connectivity index (χ1v) is 11.4. The Kier molecular flexibility index (Phi) is 6.05. The summed E-state index contributed by atoms with van der Waals surface area (Å²) in [5, 5.41) is 2.77. The van der Waals surface area contributed by atoms with Gasteiger partial charge in [0.05, 0.1) is 36.8 Å². The van der Waals surface area contributed by atoms with Crippen molar-refractivity contribution in [3.8, 4) is 0 Å². The monoisotopic (exact) mass is 402 g/mol. The molecule has 6 nitrogen and oxygen atoms in total. The summed E-state index contributed by atoms with van der Waals surface area (Å²) in [4.78, 5) is 16.2. The molecular weight excluding hydrogens is 374 g/mol. The van der Waals surface area contributed by atoms with E-state index in [1.54, 1.807) is 18.2 Å². The molecule has 1 saturated heterocycles. The van der Waals surface area contributed by atoms with E-state index in [1.165, 1.54) is 27.8 Å². The van der Waals surface area contributed by atoms with Gasteiger partial charge in [-0.25, -0.2) is 8.42 Å². The molecule has 0 radical (unpaired) electrons. The Balaban J connectivity index is 1.58. The lowest BCUT2D eigenvalue weighted by Crippen LogP contribution is -3.15. The second-order valence-corrected chi connectivity index (χ2v) is 9.43. The van der Waals surface area contributed by atoms with Crippen LogP contribution in [-0.2, 0) is 14.6 Å². The first-order valence-electron chi connectivity index (χ1n) is 9.49. The van der Waals surface area contributed by atoms with Crippen molar-refractivity contribution in [2.75, 3.05) is 49.2 Å². The maximum Gasteiger partial charge on any atom is 0.279 e. The number of para-hydroxylation sites is 1. The zero-order chi connectivity index (χ0) is 20.3. The van der Waals surface area contributed by atoms with Crippen molar-refractivity contribution in [3.63, 3.8) is 0 Å². The number of quaternary nitrogens is 1. The Morgan fingerprint density at radius 1 is 1.07 bits per heavy atom. The van der Waals surface area contributed by atoms with E-state index in [1.807, 2.05) is 0 Å². The second-order valence-electron chi connectivity index (χ2n) is 7.45. The summed E-state index contributed by atoms with van der Waals surface area (Å²) in [6.07, 6.45) is 1.15. The van der Waals surface area contributed by atoms with Crippen LogP contribution in [0.3, 0.4) is 0 Å². The highest BCUT2D eigenvalue weighted by atomic mass is 32.2. The third-order valence-electron chi connectivity index (χ3n) is 5.36. The van der Waals surface area contributed by atoms with Gasteiger partial charge in [-0.1, -0.05) is 24.3 Å². The van der Waals surface area contributed by atoms with Crippen molar-refractivity contribution < 1.29 is 18.1 Å². The summed E-state index contributed by atoms with van der Waals surface area (Å²) in [6, 6.07) is 12.9. The molecule has 2 aromatic rings. The molecule has 1 amide bonds. The fourth-order valence-electron chi connectivity index (χ4n) is 3.63. The molecule has 1 aliphatic heterocycles. The summed E-state index contributed by atoms with van der Waals surface area (Å²) in [5.41, 5.74) is 4.21. The SMILES string of the molecule is Cc1cccc(N2CC[NH+](CC(=O)Nc3ccccc3S(C)(=O)=O)CC2)c1C. The van der Waals surface area contributed by atoms with Crippen LogP contribution in [0.15, 0.2) is 47.4 Å². The quantitative estimate of drug-likeness (QED) is 0.784. The number of hydrogen-bond donors (Lipinski definition) is 2. The number of aryl methyl sites for hydroxylation is 1. The van der Waals surface area contributed by atoms with Crippen LogP contribution in [0.5, 0.6) is 0 Å². The topological polar surface area (TPSA) is 70.9 Å². The Bertz CT molecular complexity index is 965. The average Bonchev–Trinajstić information content (AvgIpc) is 2.64. The van der Waals surface area contributed by atoms with Gasteiger partial charge in [0.15, 0.2) is 16.4 Å². The maximum absolute atomic E-state index is 12.5. The van der Waals surface area contributed by atoms with Gasteiger partial charge in [-0.05, 0) is 43.2 Å². The molecule has 0 spiro atoms. The van der Waals surface area contributed by atoms with Crippen LogP contribution in [0.4, 0.5) is 11.4 Å². The number of carbonyl (C=O) groups excluding carboxylic acids is 1. The van der Waals surface area contributed by atoms with Gasteiger partial charge in [-0.15, -0.1) is 0 Å². The predicted octanol–water partition coefficient (Wildman–Crippen LogP) is 1.05. The molecule has 0 bridgehead atoms. The number of carbonyl (C=O) groups is 1. The van der Waals surface area contributed by atoms with E-state index in [9.17, 15) is 13.2 Å². The first-order chi connectivity index (χ1) is 13.3. The Morgan fingerprint density at radius 2 is 1.75 bits per heavy atom. The van der Waals surface area contributed by atoms with Gasteiger partial charge < -0.3 is 15.1 Å². The van der Waals surface area contributed by atoms with E-state index >= 15 is 0 Å². The van der Waals surface area contributed by atoms with Gasteiger partial charge in [0.1, 0.15) is 0 Å². The molecule has 2 aromatic carbocycles. The van der Waals surface area contributed by atoms with Crippen LogP contribution < -0.4 is 15.1 Å². The summed E-state index contributed by atoms with van der Waals surface area (Å²) in [7, 11) is -3.39. The van der Waals surface area contributed by atoms with Crippen LogP contribution in [0.2, 0.25) is 0 Å². The zero-order valence-electron chi connectivity index (χ0n) is 16.7. The van der Waals surface area contributed by atoms with Gasteiger partial charge in [0.2, 0.25) is 0 Å². The van der Waals surface area contributed by atoms with Crippen molar-refractivity contribution in [1.29, 1.82) is 0 Å². The molecule has 0 unspecified atom stereocenters. The van der Waals surface area contributed by atoms with E-state index < -0.39 is 9.84 Å². The maximum atomic E-state index is 12.5. The van der Waals surface area contributed by atoms with E-state index in [0.29, 0.717) is 12.2 Å². The Hall–Kier alpha value is -2.38. The lowest BCUT2D eigenvalue weighted by Gasteiger charge is -2.34. The molecule has 1 fully saturated rings. The van der Waals surface area contributed by atoms with Gasteiger partial charge in [-0.3, -0.25) is 4.79 Å². The summed E-state index contributed by atoms with van der Waals surface area (Å²) in [5.74, 6) is -0.161. The molecule has 1 heterocycles. The number of piperazine rings is 1. The summed E-state index contributed by atoms with van der Waals surface area (Å²) < 4.78 is 23.8. The second kappa shape index (κ2) is 8.32. The van der Waals surface area contributed by atoms with Crippen LogP contribution in [0.25, 0.3) is 0 Å². The van der Waals surface area contributed by atoms with Crippen LogP contribution in [0.1, 0.15) is 11.1 Å². The predicted molar refractivity (Wildman–Crippen MR) is 112 cm³/mol. The van der Waals surface area contributed by atoms with Crippen molar-refractivity contribution >= 4 is 27.1 Å². The molecule has 1 aliphatic rings. The molecule has 0 atom stereocenters.